The van der Waals surface area contributed by atoms with Gasteiger partial charge in [0.1, 0.15) is 0 Å². The summed E-state index contributed by atoms with van der Waals surface area (Å²) < 4.78 is 0. The first-order chi connectivity index (χ1) is 8.08. The van der Waals surface area contributed by atoms with E-state index in [-0.39, 0.29) is 23.8 Å². The fourth-order valence-electron chi connectivity index (χ4n) is 2.44. The van der Waals surface area contributed by atoms with Crippen LogP contribution in [-0.4, -0.2) is 30.9 Å². The molecule has 5 nitrogen and oxygen atoms in total. The van der Waals surface area contributed by atoms with Crippen LogP contribution in [0.25, 0.3) is 0 Å². The standard InChI is InChI=1S/C12H23N3O2/c1-14-12(6-3-2-4-7-12)9-11(17)15-8-5-10(13)16/h14H,2-9H2,1H3,(H2,13,16)(H,15,17). The summed E-state index contributed by atoms with van der Waals surface area (Å²) in [5, 5.41) is 6.04. The van der Waals surface area contributed by atoms with Crippen molar-refractivity contribution in [1.82, 2.24) is 10.6 Å². The summed E-state index contributed by atoms with van der Waals surface area (Å²) in [5.41, 5.74) is 4.97. The van der Waals surface area contributed by atoms with Crippen LogP contribution >= 0.6 is 0 Å². The van der Waals surface area contributed by atoms with Gasteiger partial charge in [-0.3, -0.25) is 9.59 Å². The van der Waals surface area contributed by atoms with E-state index in [1.165, 1.54) is 19.3 Å². The number of rotatable bonds is 6. The van der Waals surface area contributed by atoms with E-state index in [0.717, 1.165) is 12.8 Å². The van der Waals surface area contributed by atoms with Crippen LogP contribution < -0.4 is 16.4 Å². The summed E-state index contributed by atoms with van der Waals surface area (Å²) in [4.78, 5) is 22.3. The van der Waals surface area contributed by atoms with Crippen molar-refractivity contribution < 1.29 is 9.59 Å². The molecule has 0 unspecified atom stereocenters. The van der Waals surface area contributed by atoms with Gasteiger partial charge in [-0.15, -0.1) is 0 Å². The van der Waals surface area contributed by atoms with Crippen LogP contribution in [0, 0.1) is 0 Å². The third-order valence-corrected chi connectivity index (χ3v) is 3.53. The fraction of sp³-hybridized carbons (Fsp3) is 0.833. The van der Waals surface area contributed by atoms with Crippen molar-refractivity contribution in [3.8, 4) is 0 Å². The zero-order valence-corrected chi connectivity index (χ0v) is 10.6. The molecule has 1 saturated carbocycles. The van der Waals surface area contributed by atoms with E-state index >= 15 is 0 Å². The number of carbonyl (C=O) groups is 2. The van der Waals surface area contributed by atoms with Gasteiger partial charge in [0, 0.05) is 24.9 Å². The van der Waals surface area contributed by atoms with Crippen LogP contribution in [0.1, 0.15) is 44.9 Å². The molecule has 0 heterocycles. The van der Waals surface area contributed by atoms with E-state index in [2.05, 4.69) is 10.6 Å². The van der Waals surface area contributed by atoms with Gasteiger partial charge in [0.25, 0.3) is 0 Å². The Morgan fingerprint density at radius 3 is 2.41 bits per heavy atom. The zero-order valence-electron chi connectivity index (χ0n) is 10.6. The maximum absolute atomic E-state index is 11.8. The first-order valence-electron chi connectivity index (χ1n) is 6.32. The lowest BCUT2D eigenvalue weighted by molar-refractivity contribution is -0.123. The lowest BCUT2D eigenvalue weighted by atomic mass is 9.79. The highest BCUT2D eigenvalue weighted by Crippen LogP contribution is 2.30. The predicted octanol–water partition coefficient (Wildman–Crippen LogP) is 0.290. The molecule has 0 spiro atoms. The minimum absolute atomic E-state index is 0.00231. The monoisotopic (exact) mass is 241 g/mol. The van der Waals surface area contributed by atoms with Crippen LogP contribution in [0.5, 0.6) is 0 Å². The zero-order chi connectivity index (χ0) is 12.7. The van der Waals surface area contributed by atoms with Gasteiger partial charge < -0.3 is 16.4 Å². The van der Waals surface area contributed by atoms with Gasteiger partial charge in [-0.2, -0.15) is 0 Å². The minimum Gasteiger partial charge on any atom is -0.370 e. The summed E-state index contributed by atoms with van der Waals surface area (Å²) in [5.74, 6) is -0.381. The van der Waals surface area contributed by atoms with Crippen molar-refractivity contribution >= 4 is 11.8 Å². The van der Waals surface area contributed by atoms with Crippen molar-refractivity contribution in [3.63, 3.8) is 0 Å². The normalized spacial score (nSPS) is 18.6. The average Bonchev–Trinajstić information content (AvgIpc) is 2.29. The molecule has 0 aromatic heterocycles. The lowest BCUT2D eigenvalue weighted by Crippen LogP contribution is -2.48. The Bertz CT molecular complexity index is 273. The molecule has 2 amide bonds. The Morgan fingerprint density at radius 2 is 1.88 bits per heavy atom. The second-order valence-electron chi connectivity index (χ2n) is 4.83. The van der Waals surface area contributed by atoms with Gasteiger partial charge in [0.15, 0.2) is 0 Å². The number of hydrogen-bond donors (Lipinski definition) is 3. The summed E-state index contributed by atoms with van der Waals surface area (Å²) in [6.45, 7) is 0.341. The molecule has 0 radical (unpaired) electrons. The maximum Gasteiger partial charge on any atom is 0.221 e. The number of nitrogens with two attached hydrogens (primary N) is 1. The molecule has 0 atom stereocenters. The third-order valence-electron chi connectivity index (χ3n) is 3.53. The molecule has 0 aromatic carbocycles. The highest BCUT2D eigenvalue weighted by atomic mass is 16.2. The lowest BCUT2D eigenvalue weighted by Gasteiger charge is -2.36. The van der Waals surface area contributed by atoms with Crippen molar-refractivity contribution in [1.29, 1.82) is 0 Å². The number of hydrogen-bond acceptors (Lipinski definition) is 3. The summed E-state index contributed by atoms with van der Waals surface area (Å²) in [7, 11) is 1.92. The van der Waals surface area contributed by atoms with Crippen molar-refractivity contribution in [2.75, 3.05) is 13.6 Å². The molecule has 0 saturated heterocycles. The molecular formula is C12H23N3O2. The average molecular weight is 241 g/mol. The minimum atomic E-state index is -0.383. The molecular weight excluding hydrogens is 218 g/mol. The van der Waals surface area contributed by atoms with Gasteiger partial charge in [-0.25, -0.2) is 0 Å². The first kappa shape index (κ1) is 14.0. The van der Waals surface area contributed by atoms with E-state index in [0.29, 0.717) is 13.0 Å². The molecule has 17 heavy (non-hydrogen) atoms. The predicted molar refractivity (Wildman–Crippen MR) is 66.3 cm³/mol. The SMILES string of the molecule is CNC1(CC(=O)NCCC(N)=O)CCCCC1. The Hall–Kier alpha value is -1.10. The summed E-state index contributed by atoms with van der Waals surface area (Å²) in [6.07, 6.45) is 6.40. The third kappa shape index (κ3) is 4.73. The Morgan fingerprint density at radius 1 is 1.24 bits per heavy atom. The van der Waals surface area contributed by atoms with Crippen LogP contribution in [0.4, 0.5) is 0 Å². The number of amides is 2. The van der Waals surface area contributed by atoms with Crippen LogP contribution in [-0.2, 0) is 9.59 Å². The molecule has 1 aliphatic carbocycles. The second kappa shape index (κ2) is 6.59. The topological polar surface area (TPSA) is 84.2 Å². The largest absolute Gasteiger partial charge is 0.370 e. The molecule has 1 fully saturated rings. The van der Waals surface area contributed by atoms with Gasteiger partial charge >= 0.3 is 0 Å². The molecule has 0 aromatic rings. The van der Waals surface area contributed by atoms with Crippen LogP contribution in [0.2, 0.25) is 0 Å². The highest BCUT2D eigenvalue weighted by Gasteiger charge is 2.32. The maximum atomic E-state index is 11.8. The van der Waals surface area contributed by atoms with Crippen LogP contribution in [0.15, 0.2) is 0 Å². The molecule has 1 rings (SSSR count). The van der Waals surface area contributed by atoms with Gasteiger partial charge in [0.05, 0.1) is 0 Å². The van der Waals surface area contributed by atoms with Gasteiger partial charge in [-0.1, -0.05) is 19.3 Å². The van der Waals surface area contributed by atoms with Crippen LogP contribution in [0.3, 0.4) is 0 Å². The molecule has 98 valence electrons. The van der Waals surface area contributed by atoms with E-state index in [9.17, 15) is 9.59 Å². The van der Waals surface area contributed by atoms with E-state index in [1.807, 2.05) is 7.05 Å². The fourth-order valence-corrected chi connectivity index (χ4v) is 2.44. The molecule has 0 bridgehead atoms. The van der Waals surface area contributed by atoms with Gasteiger partial charge in [0.2, 0.25) is 11.8 Å². The quantitative estimate of drug-likeness (QED) is 0.625. The summed E-state index contributed by atoms with van der Waals surface area (Å²) >= 11 is 0. The highest BCUT2D eigenvalue weighted by molar-refractivity contribution is 5.78. The number of carbonyl (C=O) groups excluding carboxylic acids is 2. The molecule has 1 aliphatic rings. The van der Waals surface area contributed by atoms with Crippen molar-refractivity contribution in [3.05, 3.63) is 0 Å². The Labute approximate surface area is 103 Å². The second-order valence-corrected chi connectivity index (χ2v) is 4.83. The molecule has 4 N–H and O–H groups in total. The molecule has 5 heteroatoms. The van der Waals surface area contributed by atoms with E-state index in [1.54, 1.807) is 0 Å². The Balaban J connectivity index is 2.34. The number of primary amides is 1. The molecule has 0 aliphatic heterocycles. The van der Waals surface area contributed by atoms with Crippen molar-refractivity contribution in [2.45, 2.75) is 50.5 Å². The smallest absolute Gasteiger partial charge is 0.221 e. The van der Waals surface area contributed by atoms with Crippen molar-refractivity contribution in [2.24, 2.45) is 5.73 Å². The summed E-state index contributed by atoms with van der Waals surface area (Å²) in [6, 6.07) is 0. The van der Waals surface area contributed by atoms with Gasteiger partial charge in [-0.05, 0) is 19.9 Å². The Kier molecular flexibility index (Phi) is 5.41. The first-order valence-corrected chi connectivity index (χ1v) is 6.32. The number of nitrogens with one attached hydrogen (secondary N) is 2. The van der Waals surface area contributed by atoms with E-state index in [4.69, 9.17) is 5.73 Å². The van der Waals surface area contributed by atoms with E-state index < -0.39 is 0 Å².